The van der Waals surface area contributed by atoms with Crippen LogP contribution < -0.4 is 16.0 Å². The van der Waals surface area contributed by atoms with E-state index in [1.807, 2.05) is 49.4 Å². The van der Waals surface area contributed by atoms with Gasteiger partial charge in [0.25, 0.3) is 0 Å². The van der Waals surface area contributed by atoms with E-state index in [4.69, 9.17) is 0 Å². The predicted octanol–water partition coefficient (Wildman–Crippen LogP) is 5.09. The smallest absolute Gasteiger partial charge is 0.323 e. The SMILES string of the molecule is Cc1ccc(C)c(Nc2ccc(NC(=O)Nc3ccccc3)cn2)c1. The summed E-state index contributed by atoms with van der Waals surface area (Å²) < 4.78 is 0. The molecular formula is C20H20N4O. The Hall–Kier alpha value is -3.34. The maximum atomic E-state index is 12.0. The molecule has 126 valence electrons. The number of amides is 2. The lowest BCUT2D eigenvalue weighted by Gasteiger charge is -2.11. The van der Waals surface area contributed by atoms with Gasteiger partial charge in [-0.15, -0.1) is 0 Å². The Bertz CT molecular complexity index is 861. The van der Waals surface area contributed by atoms with E-state index < -0.39 is 0 Å². The summed E-state index contributed by atoms with van der Waals surface area (Å²) in [6.07, 6.45) is 1.62. The van der Waals surface area contributed by atoms with Crippen molar-refractivity contribution in [2.45, 2.75) is 13.8 Å². The van der Waals surface area contributed by atoms with Gasteiger partial charge in [-0.2, -0.15) is 0 Å². The molecule has 3 N–H and O–H groups in total. The molecule has 0 saturated carbocycles. The zero-order valence-corrected chi connectivity index (χ0v) is 14.2. The lowest BCUT2D eigenvalue weighted by atomic mass is 10.1. The number of anilines is 4. The first kappa shape index (κ1) is 16.5. The minimum atomic E-state index is -0.303. The van der Waals surface area contributed by atoms with Crippen LogP contribution in [0.25, 0.3) is 0 Å². The second kappa shape index (κ2) is 7.49. The molecule has 1 heterocycles. The largest absolute Gasteiger partial charge is 0.340 e. The molecule has 0 aliphatic carbocycles. The van der Waals surface area contributed by atoms with E-state index in [2.05, 4.69) is 46.1 Å². The number of urea groups is 1. The number of pyridine rings is 1. The summed E-state index contributed by atoms with van der Waals surface area (Å²) in [6, 6.07) is 18.9. The number of nitrogens with zero attached hydrogens (tertiary/aromatic N) is 1. The molecule has 0 unspecified atom stereocenters. The van der Waals surface area contributed by atoms with Gasteiger partial charge in [0.2, 0.25) is 0 Å². The molecule has 0 atom stereocenters. The van der Waals surface area contributed by atoms with E-state index in [-0.39, 0.29) is 6.03 Å². The monoisotopic (exact) mass is 332 g/mol. The normalized spacial score (nSPS) is 10.2. The molecule has 25 heavy (non-hydrogen) atoms. The topological polar surface area (TPSA) is 66.0 Å². The van der Waals surface area contributed by atoms with Gasteiger partial charge in [-0.05, 0) is 55.3 Å². The fourth-order valence-electron chi connectivity index (χ4n) is 2.37. The molecule has 0 saturated heterocycles. The maximum Gasteiger partial charge on any atom is 0.323 e. The number of benzene rings is 2. The van der Waals surface area contributed by atoms with E-state index >= 15 is 0 Å². The average molecular weight is 332 g/mol. The Balaban J connectivity index is 1.62. The number of carbonyl (C=O) groups excluding carboxylic acids is 1. The van der Waals surface area contributed by atoms with Gasteiger partial charge >= 0.3 is 6.03 Å². The van der Waals surface area contributed by atoms with E-state index in [9.17, 15) is 4.79 Å². The van der Waals surface area contributed by atoms with Crippen LogP contribution in [0.3, 0.4) is 0 Å². The van der Waals surface area contributed by atoms with Gasteiger partial charge in [0, 0.05) is 11.4 Å². The fourth-order valence-corrected chi connectivity index (χ4v) is 2.37. The summed E-state index contributed by atoms with van der Waals surface area (Å²) in [5.41, 5.74) is 4.72. The Morgan fingerprint density at radius 3 is 2.36 bits per heavy atom. The molecule has 0 spiro atoms. The first-order chi connectivity index (χ1) is 12.1. The fraction of sp³-hybridized carbons (Fsp3) is 0.100. The predicted molar refractivity (Wildman–Crippen MR) is 103 cm³/mol. The van der Waals surface area contributed by atoms with Gasteiger partial charge in [-0.25, -0.2) is 9.78 Å². The molecular weight excluding hydrogens is 312 g/mol. The van der Waals surface area contributed by atoms with Crippen LogP contribution in [0.5, 0.6) is 0 Å². The van der Waals surface area contributed by atoms with Gasteiger partial charge in [-0.1, -0.05) is 30.3 Å². The van der Waals surface area contributed by atoms with Crippen molar-refractivity contribution in [2.75, 3.05) is 16.0 Å². The van der Waals surface area contributed by atoms with Crippen LogP contribution in [0.4, 0.5) is 27.7 Å². The number of nitrogens with one attached hydrogen (secondary N) is 3. The highest BCUT2D eigenvalue weighted by atomic mass is 16.2. The zero-order valence-electron chi connectivity index (χ0n) is 14.2. The third-order valence-electron chi connectivity index (χ3n) is 3.71. The number of para-hydroxylation sites is 1. The number of hydrogen-bond donors (Lipinski definition) is 3. The lowest BCUT2D eigenvalue weighted by molar-refractivity contribution is 0.262. The Morgan fingerprint density at radius 1 is 0.880 bits per heavy atom. The van der Waals surface area contributed by atoms with Crippen LogP contribution in [0.15, 0.2) is 66.9 Å². The molecule has 0 radical (unpaired) electrons. The van der Waals surface area contributed by atoms with Gasteiger partial charge in [0.15, 0.2) is 0 Å². The van der Waals surface area contributed by atoms with Crippen molar-refractivity contribution in [3.05, 3.63) is 78.0 Å². The second-order valence-corrected chi connectivity index (χ2v) is 5.82. The van der Waals surface area contributed by atoms with Crippen molar-refractivity contribution < 1.29 is 4.79 Å². The Labute approximate surface area is 147 Å². The van der Waals surface area contributed by atoms with Crippen LogP contribution in [0, 0.1) is 13.8 Å². The number of aryl methyl sites for hydroxylation is 2. The zero-order chi connectivity index (χ0) is 17.6. The van der Waals surface area contributed by atoms with Gasteiger partial charge in [0.1, 0.15) is 5.82 Å². The van der Waals surface area contributed by atoms with E-state index in [1.54, 1.807) is 6.20 Å². The van der Waals surface area contributed by atoms with Gasteiger partial charge in [0.05, 0.1) is 11.9 Å². The van der Waals surface area contributed by atoms with Crippen molar-refractivity contribution in [3.8, 4) is 0 Å². The summed E-state index contributed by atoms with van der Waals surface area (Å²) in [6.45, 7) is 4.10. The third kappa shape index (κ3) is 4.57. The van der Waals surface area contributed by atoms with Crippen molar-refractivity contribution >= 4 is 28.9 Å². The number of aromatic nitrogens is 1. The summed E-state index contributed by atoms with van der Waals surface area (Å²) >= 11 is 0. The minimum Gasteiger partial charge on any atom is -0.340 e. The van der Waals surface area contributed by atoms with E-state index in [1.165, 1.54) is 5.56 Å². The number of carbonyl (C=O) groups is 1. The minimum absolute atomic E-state index is 0.303. The Morgan fingerprint density at radius 2 is 1.64 bits per heavy atom. The number of hydrogen-bond acceptors (Lipinski definition) is 3. The standard InChI is InChI=1S/C20H20N4O/c1-14-8-9-15(2)18(12-14)24-19-11-10-17(13-21-19)23-20(25)22-16-6-4-3-5-7-16/h3-13H,1-2H3,(H,21,24)(H2,22,23,25). The van der Waals surface area contributed by atoms with Crippen LogP contribution in [0.1, 0.15) is 11.1 Å². The molecule has 0 bridgehead atoms. The molecule has 0 aliphatic rings. The van der Waals surface area contributed by atoms with Gasteiger partial charge < -0.3 is 16.0 Å². The van der Waals surface area contributed by atoms with Crippen LogP contribution in [0.2, 0.25) is 0 Å². The highest BCUT2D eigenvalue weighted by molar-refractivity contribution is 5.99. The van der Waals surface area contributed by atoms with Crippen molar-refractivity contribution in [2.24, 2.45) is 0 Å². The quantitative estimate of drug-likeness (QED) is 0.624. The molecule has 0 fully saturated rings. The molecule has 1 aromatic heterocycles. The van der Waals surface area contributed by atoms with Gasteiger partial charge in [-0.3, -0.25) is 0 Å². The van der Waals surface area contributed by atoms with Crippen LogP contribution in [-0.4, -0.2) is 11.0 Å². The van der Waals surface area contributed by atoms with Crippen LogP contribution >= 0.6 is 0 Å². The summed E-state index contributed by atoms with van der Waals surface area (Å²) in [5, 5.41) is 8.82. The summed E-state index contributed by atoms with van der Waals surface area (Å²) in [7, 11) is 0. The van der Waals surface area contributed by atoms with Crippen molar-refractivity contribution in [1.29, 1.82) is 0 Å². The molecule has 3 rings (SSSR count). The molecule has 5 heteroatoms. The second-order valence-electron chi connectivity index (χ2n) is 5.82. The van der Waals surface area contributed by atoms with Crippen LogP contribution in [-0.2, 0) is 0 Å². The molecule has 0 aliphatic heterocycles. The third-order valence-corrected chi connectivity index (χ3v) is 3.71. The molecule has 5 nitrogen and oxygen atoms in total. The Kier molecular flexibility index (Phi) is 4.95. The van der Waals surface area contributed by atoms with E-state index in [0.29, 0.717) is 5.69 Å². The van der Waals surface area contributed by atoms with Crippen molar-refractivity contribution in [3.63, 3.8) is 0 Å². The first-order valence-electron chi connectivity index (χ1n) is 8.03. The lowest BCUT2D eigenvalue weighted by Crippen LogP contribution is -2.19. The molecule has 3 aromatic rings. The molecule has 2 aromatic carbocycles. The maximum absolute atomic E-state index is 12.0. The highest BCUT2D eigenvalue weighted by Crippen LogP contribution is 2.21. The van der Waals surface area contributed by atoms with E-state index in [0.717, 1.165) is 22.8 Å². The average Bonchev–Trinajstić information content (AvgIpc) is 2.61. The first-order valence-corrected chi connectivity index (χ1v) is 8.03. The number of rotatable bonds is 4. The summed E-state index contributed by atoms with van der Waals surface area (Å²) in [5.74, 6) is 0.725. The van der Waals surface area contributed by atoms with Crippen molar-refractivity contribution in [1.82, 2.24) is 4.98 Å². The summed E-state index contributed by atoms with van der Waals surface area (Å²) in [4.78, 5) is 16.3. The molecule has 2 amide bonds. The highest BCUT2D eigenvalue weighted by Gasteiger charge is 2.04.